The van der Waals surface area contributed by atoms with E-state index >= 15 is 0 Å². The standard InChI is InChI=1S/C13H6F6N.C5H10N.CH3.Ir/c14-12(15,16)9-5-8(11-3-1-2-4-20-11)6-10(7-9)13(17,18)19;1-5(2,3)6-4;;/h1-5,7H;4H,1-3H3;1H3;/q3*-1;+3. The van der Waals surface area contributed by atoms with Gasteiger partial charge in [-0.2, -0.15) is 26.3 Å². The maximum atomic E-state index is 12.7. The van der Waals surface area contributed by atoms with Gasteiger partial charge in [0, 0.05) is 11.7 Å². The Labute approximate surface area is 174 Å². The molecule has 0 saturated heterocycles. The Hall–Kier alpha value is -1.73. The first-order valence-corrected chi connectivity index (χ1v) is 7.29. The molecule has 2 aromatic rings. The minimum atomic E-state index is -4.91. The Kier molecular flexibility index (Phi) is 10.9. The molecule has 9 heteroatoms. The van der Waals surface area contributed by atoms with Crippen LogP contribution in [0, 0.1) is 13.5 Å². The zero-order chi connectivity index (χ0) is 20.2. The smallest absolute Gasteiger partial charge is 0.501 e. The number of aromatic nitrogens is 1. The summed E-state index contributed by atoms with van der Waals surface area (Å²) in [5, 5.41) is 0. The summed E-state index contributed by atoms with van der Waals surface area (Å²) in [6, 6.07) is 6.83. The van der Waals surface area contributed by atoms with Crippen molar-refractivity contribution >= 4 is 6.72 Å². The van der Waals surface area contributed by atoms with E-state index in [0.717, 1.165) is 0 Å². The predicted octanol–water partition coefficient (Wildman–Crippen LogP) is 6.40. The summed E-state index contributed by atoms with van der Waals surface area (Å²) in [5.74, 6) is 0. The Balaban J connectivity index is 0. The summed E-state index contributed by atoms with van der Waals surface area (Å²) in [6.45, 7) is 10.8. The third kappa shape index (κ3) is 9.46. The molecule has 0 saturated carbocycles. The minimum Gasteiger partial charge on any atom is -0.501 e. The molecule has 0 atom stereocenters. The van der Waals surface area contributed by atoms with Crippen LogP contribution in [0.25, 0.3) is 11.3 Å². The SMILES string of the molecule is FC(F)(F)c1[c-]c(-c2ccccn2)cc(C(F)(F)F)c1.[CH-]=NC(C)(C)C.[CH3-].[Ir+3]. The van der Waals surface area contributed by atoms with Crippen LogP contribution in [0.15, 0.2) is 41.5 Å². The van der Waals surface area contributed by atoms with Crippen molar-refractivity contribution in [3.8, 4) is 11.3 Å². The molecule has 0 bridgehead atoms. The fourth-order valence-electron chi connectivity index (χ4n) is 1.55. The first kappa shape index (κ1) is 28.5. The van der Waals surface area contributed by atoms with E-state index in [2.05, 4.69) is 9.98 Å². The van der Waals surface area contributed by atoms with Gasteiger partial charge in [0.2, 0.25) is 0 Å². The van der Waals surface area contributed by atoms with Gasteiger partial charge in [-0.05, 0) is 43.7 Å². The first-order chi connectivity index (χ1) is 11.7. The van der Waals surface area contributed by atoms with Crippen LogP contribution in [0.5, 0.6) is 0 Å². The van der Waals surface area contributed by atoms with Crippen LogP contribution in [0.2, 0.25) is 0 Å². The van der Waals surface area contributed by atoms with Gasteiger partial charge in [0.25, 0.3) is 0 Å². The second-order valence-electron chi connectivity index (χ2n) is 6.21. The zero-order valence-corrected chi connectivity index (χ0v) is 17.9. The molecular weight excluding hydrogens is 562 g/mol. The molecule has 0 spiro atoms. The fraction of sp³-hybridized carbons (Fsp3) is 0.316. The molecule has 156 valence electrons. The monoisotopic (exact) mass is 582 g/mol. The van der Waals surface area contributed by atoms with Crippen LogP contribution >= 0.6 is 0 Å². The summed E-state index contributed by atoms with van der Waals surface area (Å²) < 4.78 is 75.8. The Morgan fingerprint density at radius 1 is 0.964 bits per heavy atom. The van der Waals surface area contributed by atoms with E-state index < -0.39 is 23.5 Å². The van der Waals surface area contributed by atoms with Crippen LogP contribution in [0.4, 0.5) is 26.3 Å². The third-order valence-electron chi connectivity index (χ3n) is 2.83. The molecule has 2 rings (SSSR count). The van der Waals surface area contributed by atoms with E-state index in [9.17, 15) is 26.3 Å². The van der Waals surface area contributed by atoms with Gasteiger partial charge >= 0.3 is 32.5 Å². The molecule has 0 aliphatic rings. The summed E-state index contributed by atoms with van der Waals surface area (Å²) >= 11 is 0. The minimum absolute atomic E-state index is 0. The zero-order valence-electron chi connectivity index (χ0n) is 15.5. The molecular formula is C19H19F6IrN2. The number of alkyl halides is 6. The summed E-state index contributed by atoms with van der Waals surface area (Å²) in [7, 11) is 0. The molecule has 28 heavy (non-hydrogen) atoms. The van der Waals surface area contributed by atoms with E-state index in [4.69, 9.17) is 6.72 Å². The second kappa shape index (κ2) is 10.7. The summed E-state index contributed by atoms with van der Waals surface area (Å²) in [6.07, 6.45) is -8.51. The Morgan fingerprint density at radius 3 is 1.86 bits per heavy atom. The van der Waals surface area contributed by atoms with E-state index in [1.54, 1.807) is 0 Å². The average molecular weight is 582 g/mol. The van der Waals surface area contributed by atoms with Crippen molar-refractivity contribution in [3.63, 3.8) is 0 Å². The quantitative estimate of drug-likeness (QED) is 0.218. The molecule has 0 unspecified atom stereocenters. The number of pyridine rings is 1. The molecule has 0 aliphatic carbocycles. The molecule has 1 aromatic heterocycles. The number of rotatable bonds is 1. The van der Waals surface area contributed by atoms with Gasteiger partial charge in [0.1, 0.15) is 0 Å². The number of benzene rings is 1. The van der Waals surface area contributed by atoms with Gasteiger partial charge < -0.3 is 24.1 Å². The topological polar surface area (TPSA) is 25.2 Å². The normalized spacial score (nSPS) is 11.3. The van der Waals surface area contributed by atoms with Gasteiger partial charge in [0.15, 0.2) is 0 Å². The second-order valence-corrected chi connectivity index (χ2v) is 6.21. The van der Waals surface area contributed by atoms with Gasteiger partial charge in [-0.3, -0.25) is 0 Å². The van der Waals surface area contributed by atoms with Crippen molar-refractivity contribution in [2.24, 2.45) is 4.99 Å². The Bertz CT molecular complexity index is 703. The van der Waals surface area contributed by atoms with Crippen molar-refractivity contribution < 1.29 is 46.4 Å². The summed E-state index contributed by atoms with van der Waals surface area (Å²) in [4.78, 5) is 7.25. The molecule has 0 amide bonds. The molecule has 0 fully saturated rings. The van der Waals surface area contributed by atoms with Crippen molar-refractivity contribution in [1.29, 1.82) is 0 Å². The van der Waals surface area contributed by atoms with Gasteiger partial charge in [-0.25, -0.2) is 0 Å². The molecule has 2 nitrogen and oxygen atoms in total. The van der Waals surface area contributed by atoms with Crippen LogP contribution in [-0.4, -0.2) is 17.2 Å². The fourth-order valence-corrected chi connectivity index (χ4v) is 1.55. The number of halogens is 6. The molecule has 1 aromatic carbocycles. The van der Waals surface area contributed by atoms with Crippen LogP contribution < -0.4 is 0 Å². The van der Waals surface area contributed by atoms with E-state index in [-0.39, 0.29) is 50.4 Å². The van der Waals surface area contributed by atoms with E-state index in [1.807, 2.05) is 26.8 Å². The van der Waals surface area contributed by atoms with Crippen LogP contribution in [0.1, 0.15) is 31.9 Å². The number of nitrogens with zero attached hydrogens (tertiary/aromatic N) is 2. The van der Waals surface area contributed by atoms with Gasteiger partial charge in [-0.15, -0.1) is 23.8 Å². The average Bonchev–Trinajstić information content (AvgIpc) is 2.53. The maximum absolute atomic E-state index is 12.7. The predicted molar refractivity (Wildman–Crippen MR) is 93.2 cm³/mol. The number of hydrogen-bond acceptors (Lipinski definition) is 2. The van der Waals surface area contributed by atoms with Crippen molar-refractivity contribution in [1.82, 2.24) is 4.98 Å². The van der Waals surface area contributed by atoms with Crippen molar-refractivity contribution in [2.75, 3.05) is 0 Å². The van der Waals surface area contributed by atoms with Crippen molar-refractivity contribution in [2.45, 2.75) is 38.7 Å². The third-order valence-corrected chi connectivity index (χ3v) is 2.83. The molecule has 0 radical (unpaired) electrons. The van der Waals surface area contributed by atoms with Crippen LogP contribution in [-0.2, 0) is 32.5 Å². The van der Waals surface area contributed by atoms with Crippen molar-refractivity contribution in [3.05, 3.63) is 61.1 Å². The molecule has 1 heterocycles. The van der Waals surface area contributed by atoms with Crippen LogP contribution in [0.3, 0.4) is 0 Å². The first-order valence-electron chi connectivity index (χ1n) is 7.29. The largest absolute Gasteiger partial charge is 3.00 e. The van der Waals surface area contributed by atoms with E-state index in [0.29, 0.717) is 6.07 Å². The molecule has 0 aliphatic heterocycles. The number of hydrogen-bond donors (Lipinski definition) is 0. The summed E-state index contributed by atoms with van der Waals surface area (Å²) in [5.41, 5.74) is -3.28. The van der Waals surface area contributed by atoms with E-state index in [1.165, 1.54) is 24.4 Å². The molecule has 0 N–H and O–H groups in total. The Morgan fingerprint density at radius 2 is 1.50 bits per heavy atom. The maximum Gasteiger partial charge on any atom is 3.00 e. The van der Waals surface area contributed by atoms with Gasteiger partial charge in [0.05, 0.1) is 0 Å². The van der Waals surface area contributed by atoms with Gasteiger partial charge in [-0.1, -0.05) is 12.1 Å². The number of aliphatic imine (C=N–C) groups is 1.